The molecule has 0 spiro atoms. The molecule has 1 aliphatic heterocycles. The van der Waals surface area contributed by atoms with Crippen LogP contribution in [0.5, 0.6) is 0 Å². The highest BCUT2D eigenvalue weighted by atomic mass is 16.8. The average Bonchev–Trinajstić information content (AvgIpc) is 3.01. The first-order valence-corrected chi connectivity index (χ1v) is 9.86. The largest absolute Gasteiger partial charge is 0.528 e. The van der Waals surface area contributed by atoms with Crippen molar-refractivity contribution in [3.05, 3.63) is 0 Å². The molecule has 0 aromatic rings. The summed E-state index contributed by atoms with van der Waals surface area (Å²) in [6.07, 6.45) is 15.9. The van der Waals surface area contributed by atoms with Crippen molar-refractivity contribution in [2.24, 2.45) is 0 Å². The highest BCUT2D eigenvalue weighted by Crippen LogP contribution is 2.14. The second-order valence-corrected chi connectivity index (χ2v) is 6.88. The number of carbonyl (C=O) groups excluding carboxylic acids is 1. The number of unbranched alkanes of at least 4 members (excludes halogenated alkanes) is 9. The molecule has 0 saturated carbocycles. The Balaban J connectivity index is 1.85. The van der Waals surface area contributed by atoms with E-state index in [1.54, 1.807) is 5.06 Å². The van der Waals surface area contributed by atoms with Gasteiger partial charge in [-0.15, -0.1) is 5.06 Å². The van der Waals surface area contributed by atoms with Crippen LogP contribution in [-0.2, 0) is 9.57 Å². The maximum Gasteiger partial charge on any atom is 0.528 e. The standard InChI is InChI=1S/C19H37NO3/c1-3-4-5-6-7-8-9-10-11-12-15-18(2)22-19(21)23-20-16-13-14-17-20/h18H,3-17H2,1-2H3. The van der Waals surface area contributed by atoms with E-state index in [9.17, 15) is 4.79 Å². The molecular weight excluding hydrogens is 290 g/mol. The molecule has 4 nitrogen and oxygen atoms in total. The SMILES string of the molecule is CCCCCCCCCCCCC(C)OC(=O)ON1CCCC1. The molecule has 0 aromatic carbocycles. The van der Waals surface area contributed by atoms with Crippen LogP contribution in [0.2, 0.25) is 0 Å². The maximum absolute atomic E-state index is 11.6. The lowest BCUT2D eigenvalue weighted by molar-refractivity contribution is -0.120. The number of hydroxylamine groups is 2. The van der Waals surface area contributed by atoms with Crippen LogP contribution in [0.3, 0.4) is 0 Å². The zero-order chi connectivity index (χ0) is 16.8. The molecular formula is C19H37NO3. The minimum absolute atomic E-state index is 0.0425. The topological polar surface area (TPSA) is 38.8 Å². The molecule has 4 heteroatoms. The van der Waals surface area contributed by atoms with Crippen molar-refractivity contribution in [2.75, 3.05) is 13.1 Å². The normalized spacial score (nSPS) is 16.4. The van der Waals surface area contributed by atoms with Crippen molar-refractivity contribution in [3.63, 3.8) is 0 Å². The van der Waals surface area contributed by atoms with Gasteiger partial charge < -0.3 is 9.57 Å². The van der Waals surface area contributed by atoms with Crippen molar-refractivity contribution in [2.45, 2.75) is 103 Å². The zero-order valence-corrected chi connectivity index (χ0v) is 15.4. The van der Waals surface area contributed by atoms with E-state index in [1.807, 2.05) is 6.92 Å². The highest BCUT2D eigenvalue weighted by Gasteiger charge is 2.18. The van der Waals surface area contributed by atoms with E-state index >= 15 is 0 Å². The van der Waals surface area contributed by atoms with E-state index in [4.69, 9.17) is 9.57 Å². The number of hydrogen-bond acceptors (Lipinski definition) is 4. The Kier molecular flexibility index (Phi) is 12.0. The van der Waals surface area contributed by atoms with Crippen molar-refractivity contribution in [1.82, 2.24) is 5.06 Å². The Morgan fingerprint density at radius 3 is 2.00 bits per heavy atom. The van der Waals surface area contributed by atoms with Gasteiger partial charge in [-0.05, 0) is 32.6 Å². The quantitative estimate of drug-likeness (QED) is 0.314. The van der Waals surface area contributed by atoms with E-state index < -0.39 is 6.16 Å². The van der Waals surface area contributed by atoms with Crippen LogP contribution in [0.25, 0.3) is 0 Å². The van der Waals surface area contributed by atoms with Crippen molar-refractivity contribution < 1.29 is 14.4 Å². The molecule has 1 atom stereocenters. The summed E-state index contributed by atoms with van der Waals surface area (Å²) in [6, 6.07) is 0. The molecule has 0 amide bonds. The summed E-state index contributed by atoms with van der Waals surface area (Å²) in [6.45, 7) is 5.89. The predicted octanol–water partition coefficient (Wildman–Crippen LogP) is 5.85. The van der Waals surface area contributed by atoms with Gasteiger partial charge in [-0.25, -0.2) is 4.79 Å². The molecule has 0 N–H and O–H groups in total. The molecule has 136 valence electrons. The fourth-order valence-corrected chi connectivity index (χ4v) is 3.05. The lowest BCUT2D eigenvalue weighted by atomic mass is 10.1. The predicted molar refractivity (Wildman–Crippen MR) is 94.3 cm³/mol. The van der Waals surface area contributed by atoms with Crippen LogP contribution < -0.4 is 0 Å². The Labute approximate surface area is 142 Å². The zero-order valence-electron chi connectivity index (χ0n) is 15.4. The molecule has 0 aromatic heterocycles. The lowest BCUT2D eigenvalue weighted by Gasteiger charge is -2.17. The maximum atomic E-state index is 11.6. The summed E-state index contributed by atoms with van der Waals surface area (Å²) >= 11 is 0. The number of nitrogens with zero attached hydrogens (tertiary/aromatic N) is 1. The fourth-order valence-electron chi connectivity index (χ4n) is 3.05. The minimum Gasteiger partial charge on any atom is -0.430 e. The van der Waals surface area contributed by atoms with E-state index in [2.05, 4.69) is 6.92 Å². The van der Waals surface area contributed by atoms with Crippen LogP contribution in [0.15, 0.2) is 0 Å². The summed E-state index contributed by atoms with van der Waals surface area (Å²) in [5.41, 5.74) is 0. The van der Waals surface area contributed by atoms with Crippen molar-refractivity contribution in [3.8, 4) is 0 Å². The van der Waals surface area contributed by atoms with Gasteiger partial charge in [0.05, 0.1) is 0 Å². The Morgan fingerprint density at radius 1 is 0.913 bits per heavy atom. The molecule has 1 rings (SSSR count). The van der Waals surface area contributed by atoms with Gasteiger partial charge in [-0.1, -0.05) is 64.7 Å². The first-order chi connectivity index (χ1) is 11.2. The van der Waals surface area contributed by atoms with E-state index in [1.165, 1.54) is 57.8 Å². The van der Waals surface area contributed by atoms with Gasteiger partial charge in [0, 0.05) is 13.1 Å². The van der Waals surface area contributed by atoms with Crippen molar-refractivity contribution >= 4 is 6.16 Å². The van der Waals surface area contributed by atoms with Gasteiger partial charge in [0.25, 0.3) is 0 Å². The Morgan fingerprint density at radius 2 is 1.43 bits per heavy atom. The van der Waals surface area contributed by atoms with Gasteiger partial charge in [0.15, 0.2) is 0 Å². The van der Waals surface area contributed by atoms with Gasteiger partial charge >= 0.3 is 6.16 Å². The molecule has 1 heterocycles. The minimum atomic E-state index is -0.536. The number of hydrogen-bond donors (Lipinski definition) is 0. The number of ether oxygens (including phenoxy) is 1. The molecule has 1 saturated heterocycles. The first kappa shape index (κ1) is 20.3. The molecule has 1 unspecified atom stereocenters. The summed E-state index contributed by atoms with van der Waals surface area (Å²) in [7, 11) is 0. The molecule has 1 fully saturated rings. The second-order valence-electron chi connectivity index (χ2n) is 6.88. The third-order valence-electron chi connectivity index (χ3n) is 4.53. The van der Waals surface area contributed by atoms with Crippen molar-refractivity contribution in [1.29, 1.82) is 0 Å². The Hall–Kier alpha value is -0.770. The summed E-state index contributed by atoms with van der Waals surface area (Å²) < 4.78 is 5.29. The smallest absolute Gasteiger partial charge is 0.430 e. The molecule has 0 radical (unpaired) electrons. The second kappa shape index (κ2) is 13.6. The highest BCUT2D eigenvalue weighted by molar-refractivity contribution is 5.59. The third-order valence-corrected chi connectivity index (χ3v) is 4.53. The molecule has 0 aliphatic carbocycles. The van der Waals surface area contributed by atoms with Crippen LogP contribution in [0, 0.1) is 0 Å². The number of carbonyl (C=O) groups is 1. The molecule has 23 heavy (non-hydrogen) atoms. The first-order valence-electron chi connectivity index (χ1n) is 9.86. The number of rotatable bonds is 13. The summed E-state index contributed by atoms with van der Waals surface area (Å²) in [5.74, 6) is 0. The molecule has 1 aliphatic rings. The van der Waals surface area contributed by atoms with E-state index in [0.717, 1.165) is 38.8 Å². The summed E-state index contributed by atoms with van der Waals surface area (Å²) in [5, 5.41) is 1.70. The Bertz CT molecular complexity index is 290. The van der Waals surface area contributed by atoms with Crippen LogP contribution >= 0.6 is 0 Å². The van der Waals surface area contributed by atoms with Crippen LogP contribution in [0.4, 0.5) is 4.79 Å². The average molecular weight is 328 g/mol. The van der Waals surface area contributed by atoms with Crippen LogP contribution in [-0.4, -0.2) is 30.4 Å². The van der Waals surface area contributed by atoms with Gasteiger partial charge in [-0.3, -0.25) is 0 Å². The van der Waals surface area contributed by atoms with Gasteiger partial charge in [0.1, 0.15) is 6.10 Å². The lowest BCUT2D eigenvalue weighted by Crippen LogP contribution is -2.26. The van der Waals surface area contributed by atoms with E-state index in [-0.39, 0.29) is 6.10 Å². The van der Waals surface area contributed by atoms with Gasteiger partial charge in [0.2, 0.25) is 0 Å². The fraction of sp³-hybridized carbons (Fsp3) is 0.947. The van der Waals surface area contributed by atoms with Crippen LogP contribution in [0.1, 0.15) is 97.3 Å². The monoisotopic (exact) mass is 327 g/mol. The third kappa shape index (κ3) is 11.4. The molecule has 0 bridgehead atoms. The van der Waals surface area contributed by atoms with Gasteiger partial charge in [-0.2, -0.15) is 0 Å². The summed E-state index contributed by atoms with van der Waals surface area (Å²) in [4.78, 5) is 16.8. The van der Waals surface area contributed by atoms with E-state index in [0.29, 0.717) is 0 Å².